The van der Waals surface area contributed by atoms with E-state index in [2.05, 4.69) is 15.8 Å². The second-order valence-corrected chi connectivity index (χ2v) is 7.09. The average molecular weight is 417 g/mol. The van der Waals surface area contributed by atoms with Crippen LogP contribution in [0, 0.1) is 12.7 Å². The van der Waals surface area contributed by atoms with E-state index in [0.29, 0.717) is 22.4 Å². The molecule has 0 saturated carbocycles. The van der Waals surface area contributed by atoms with Crippen molar-refractivity contribution in [1.29, 1.82) is 0 Å². The van der Waals surface area contributed by atoms with Crippen LogP contribution in [0.25, 0.3) is 22.2 Å². The van der Waals surface area contributed by atoms with Gasteiger partial charge in [0.25, 0.3) is 11.8 Å². The first-order chi connectivity index (χ1) is 15.0. The van der Waals surface area contributed by atoms with Crippen molar-refractivity contribution in [3.05, 3.63) is 89.2 Å². The van der Waals surface area contributed by atoms with Gasteiger partial charge in [-0.2, -0.15) is 0 Å². The van der Waals surface area contributed by atoms with Crippen LogP contribution < -0.4 is 10.6 Å². The lowest BCUT2D eigenvalue weighted by atomic mass is 10.1. The van der Waals surface area contributed by atoms with Crippen LogP contribution in [0.1, 0.15) is 26.3 Å². The molecule has 0 saturated heterocycles. The third-order valence-electron chi connectivity index (χ3n) is 4.90. The number of fused-ring (bicyclic) bond motifs is 1. The van der Waals surface area contributed by atoms with Gasteiger partial charge in [0, 0.05) is 29.8 Å². The number of nitrogens with zero attached hydrogens (tertiary/aromatic N) is 1. The standard InChI is InChI=1S/C24H20FN3O3/c1-15-7-8-18(14-20(15)25)24(30)27-12-11-26-23(29)17-9-10-21-19(13-17)22(31-28-21)16-5-3-2-4-6-16/h2-10,13-14H,11-12H2,1H3,(H,26,29)(H,27,30). The molecule has 0 radical (unpaired) electrons. The Bertz CT molecular complexity index is 1250. The number of carbonyl (C=O) groups excluding carboxylic acids is 2. The van der Waals surface area contributed by atoms with E-state index in [1.54, 1.807) is 37.3 Å². The second-order valence-electron chi connectivity index (χ2n) is 7.09. The first kappa shape index (κ1) is 20.3. The molecule has 0 unspecified atom stereocenters. The quantitative estimate of drug-likeness (QED) is 0.463. The Labute approximate surface area is 178 Å². The number of hydrogen-bond donors (Lipinski definition) is 2. The number of halogens is 1. The number of aryl methyl sites for hydroxylation is 1. The van der Waals surface area contributed by atoms with Crippen molar-refractivity contribution < 1.29 is 18.5 Å². The Kier molecular flexibility index (Phi) is 5.75. The Hall–Kier alpha value is -4.00. The largest absolute Gasteiger partial charge is 0.355 e. The number of aromatic nitrogens is 1. The van der Waals surface area contributed by atoms with Gasteiger partial charge in [-0.1, -0.05) is 41.6 Å². The van der Waals surface area contributed by atoms with Gasteiger partial charge < -0.3 is 15.2 Å². The van der Waals surface area contributed by atoms with Gasteiger partial charge in [-0.05, 0) is 42.8 Å². The highest BCUT2D eigenvalue weighted by Crippen LogP contribution is 2.29. The molecule has 3 aromatic carbocycles. The fraction of sp³-hybridized carbons (Fsp3) is 0.125. The van der Waals surface area contributed by atoms with Gasteiger partial charge in [0.2, 0.25) is 0 Å². The number of hydrogen-bond acceptors (Lipinski definition) is 4. The molecule has 4 rings (SSSR count). The zero-order valence-electron chi connectivity index (χ0n) is 16.8. The second kappa shape index (κ2) is 8.79. The van der Waals surface area contributed by atoms with Crippen LogP contribution in [-0.2, 0) is 0 Å². The summed E-state index contributed by atoms with van der Waals surface area (Å²) in [6, 6.07) is 19.0. The first-order valence-electron chi connectivity index (χ1n) is 9.80. The van der Waals surface area contributed by atoms with Gasteiger partial charge >= 0.3 is 0 Å². The van der Waals surface area contributed by atoms with E-state index in [4.69, 9.17) is 4.52 Å². The molecule has 4 aromatic rings. The molecular formula is C24H20FN3O3. The molecule has 156 valence electrons. The van der Waals surface area contributed by atoms with Crippen LogP contribution in [-0.4, -0.2) is 30.1 Å². The zero-order chi connectivity index (χ0) is 21.8. The van der Waals surface area contributed by atoms with Crippen LogP contribution in [0.3, 0.4) is 0 Å². The Morgan fingerprint density at radius 2 is 1.55 bits per heavy atom. The maximum absolute atomic E-state index is 13.6. The lowest BCUT2D eigenvalue weighted by Crippen LogP contribution is -2.34. The minimum Gasteiger partial charge on any atom is -0.355 e. The maximum atomic E-state index is 13.6. The minimum absolute atomic E-state index is 0.213. The van der Waals surface area contributed by atoms with Gasteiger partial charge in [0.05, 0.1) is 5.39 Å². The molecule has 1 aromatic heterocycles. The van der Waals surface area contributed by atoms with Gasteiger partial charge in [-0.25, -0.2) is 4.39 Å². The van der Waals surface area contributed by atoms with Crippen molar-refractivity contribution in [3.63, 3.8) is 0 Å². The molecule has 7 heteroatoms. The number of amides is 2. The number of benzene rings is 3. The molecule has 2 N–H and O–H groups in total. The van der Waals surface area contributed by atoms with Gasteiger partial charge in [0.1, 0.15) is 11.3 Å². The summed E-state index contributed by atoms with van der Waals surface area (Å²) in [5.74, 6) is -0.507. The summed E-state index contributed by atoms with van der Waals surface area (Å²) < 4.78 is 19.1. The number of nitrogens with one attached hydrogen (secondary N) is 2. The van der Waals surface area contributed by atoms with Crippen LogP contribution in [0.4, 0.5) is 4.39 Å². The zero-order valence-corrected chi connectivity index (χ0v) is 16.8. The maximum Gasteiger partial charge on any atom is 0.251 e. The Morgan fingerprint density at radius 3 is 2.23 bits per heavy atom. The van der Waals surface area contributed by atoms with Crippen molar-refractivity contribution in [1.82, 2.24) is 15.8 Å². The molecule has 2 amide bonds. The van der Waals surface area contributed by atoms with Crippen molar-refractivity contribution in [3.8, 4) is 11.3 Å². The molecule has 0 aliphatic carbocycles. The third-order valence-corrected chi connectivity index (χ3v) is 4.90. The average Bonchev–Trinajstić information content (AvgIpc) is 3.22. The summed E-state index contributed by atoms with van der Waals surface area (Å²) in [6.45, 7) is 2.07. The fourth-order valence-corrected chi connectivity index (χ4v) is 3.17. The SMILES string of the molecule is Cc1ccc(C(=O)NCCNC(=O)c2ccc3noc(-c4ccccc4)c3c2)cc1F. The van der Waals surface area contributed by atoms with Gasteiger partial charge in [0.15, 0.2) is 5.76 Å². The third kappa shape index (κ3) is 4.45. The van der Waals surface area contributed by atoms with Gasteiger partial charge in [-0.15, -0.1) is 0 Å². The van der Waals surface area contributed by atoms with Crippen molar-refractivity contribution >= 4 is 22.7 Å². The Balaban J connectivity index is 1.37. The van der Waals surface area contributed by atoms with Crippen LogP contribution in [0.2, 0.25) is 0 Å². The van der Waals surface area contributed by atoms with E-state index in [-0.39, 0.29) is 24.6 Å². The number of carbonyl (C=O) groups is 2. The molecule has 6 nitrogen and oxygen atoms in total. The normalized spacial score (nSPS) is 10.8. The van der Waals surface area contributed by atoms with Gasteiger partial charge in [-0.3, -0.25) is 9.59 Å². The van der Waals surface area contributed by atoms with E-state index < -0.39 is 11.7 Å². The highest BCUT2D eigenvalue weighted by molar-refractivity contribution is 6.01. The van der Waals surface area contributed by atoms with E-state index in [1.165, 1.54) is 6.07 Å². The lowest BCUT2D eigenvalue weighted by Gasteiger charge is -2.08. The monoisotopic (exact) mass is 417 g/mol. The van der Waals surface area contributed by atoms with E-state index in [9.17, 15) is 14.0 Å². The smallest absolute Gasteiger partial charge is 0.251 e. The summed E-state index contributed by atoms with van der Waals surface area (Å²) in [5.41, 5.74) is 2.70. The summed E-state index contributed by atoms with van der Waals surface area (Å²) in [6.07, 6.45) is 0. The van der Waals surface area contributed by atoms with Crippen molar-refractivity contribution in [2.75, 3.05) is 13.1 Å². The highest BCUT2D eigenvalue weighted by atomic mass is 19.1. The molecule has 0 bridgehead atoms. The summed E-state index contributed by atoms with van der Waals surface area (Å²) in [4.78, 5) is 24.6. The predicted molar refractivity (Wildman–Crippen MR) is 115 cm³/mol. The summed E-state index contributed by atoms with van der Waals surface area (Å²) in [5, 5.41) is 10.2. The molecule has 0 spiro atoms. The van der Waals surface area contributed by atoms with E-state index in [1.807, 2.05) is 30.3 Å². The molecule has 0 atom stereocenters. The first-order valence-corrected chi connectivity index (χ1v) is 9.80. The Morgan fingerprint density at radius 1 is 0.903 bits per heavy atom. The van der Waals surface area contributed by atoms with Crippen LogP contribution in [0.15, 0.2) is 71.3 Å². The molecule has 0 fully saturated rings. The molecule has 0 aliphatic rings. The highest BCUT2D eigenvalue weighted by Gasteiger charge is 2.14. The molecule has 0 aliphatic heterocycles. The minimum atomic E-state index is -0.431. The molecule has 1 heterocycles. The van der Waals surface area contributed by atoms with Crippen molar-refractivity contribution in [2.24, 2.45) is 0 Å². The summed E-state index contributed by atoms with van der Waals surface area (Å²) in [7, 11) is 0. The molecule has 31 heavy (non-hydrogen) atoms. The van der Waals surface area contributed by atoms with Crippen LogP contribution in [0.5, 0.6) is 0 Å². The summed E-state index contributed by atoms with van der Waals surface area (Å²) >= 11 is 0. The van der Waals surface area contributed by atoms with E-state index >= 15 is 0 Å². The van der Waals surface area contributed by atoms with Crippen molar-refractivity contribution in [2.45, 2.75) is 6.92 Å². The lowest BCUT2D eigenvalue weighted by molar-refractivity contribution is 0.0927. The number of rotatable bonds is 6. The van der Waals surface area contributed by atoms with E-state index in [0.717, 1.165) is 10.9 Å². The topological polar surface area (TPSA) is 84.2 Å². The fourth-order valence-electron chi connectivity index (χ4n) is 3.17. The van der Waals surface area contributed by atoms with Crippen LogP contribution >= 0.6 is 0 Å². The molecular weight excluding hydrogens is 397 g/mol. The predicted octanol–water partition coefficient (Wildman–Crippen LogP) is 4.10.